The van der Waals surface area contributed by atoms with Crippen molar-refractivity contribution in [3.05, 3.63) is 69.0 Å². The van der Waals surface area contributed by atoms with E-state index in [0.29, 0.717) is 23.8 Å². The number of benzene rings is 2. The molecule has 202 valence electrons. The second kappa shape index (κ2) is 12.7. The molecule has 0 atom stereocenters. The maximum Gasteiger partial charge on any atom is 0.355 e. The summed E-state index contributed by atoms with van der Waals surface area (Å²) in [5.41, 5.74) is 4.42. The molecule has 1 heterocycles. The predicted molar refractivity (Wildman–Crippen MR) is 142 cm³/mol. The molecule has 1 aromatic heterocycles. The summed E-state index contributed by atoms with van der Waals surface area (Å²) in [5.74, 6) is -0.943. The van der Waals surface area contributed by atoms with E-state index < -0.39 is 33.1 Å². The molecule has 0 unspecified atom stereocenters. The summed E-state index contributed by atoms with van der Waals surface area (Å²) in [5, 5.41) is 15.2. The summed E-state index contributed by atoms with van der Waals surface area (Å²) in [6.07, 6.45) is 1.05. The largest absolute Gasteiger partial charge is 0.482 e. The summed E-state index contributed by atoms with van der Waals surface area (Å²) in [6.45, 7) is 3.66. The summed E-state index contributed by atoms with van der Waals surface area (Å²) in [7, 11) is -3.66. The van der Waals surface area contributed by atoms with Gasteiger partial charge in [-0.3, -0.25) is 25.8 Å². The van der Waals surface area contributed by atoms with E-state index in [-0.39, 0.29) is 27.3 Å². The molecule has 0 radical (unpaired) electrons. The van der Waals surface area contributed by atoms with Crippen molar-refractivity contribution < 1.29 is 22.9 Å². The zero-order valence-electron chi connectivity index (χ0n) is 20.1. The molecule has 0 bridgehead atoms. The fraction of sp³-hybridized carbons (Fsp3) is 0.227. The van der Waals surface area contributed by atoms with Gasteiger partial charge in [0.15, 0.2) is 6.61 Å². The van der Waals surface area contributed by atoms with Crippen molar-refractivity contribution in [2.75, 3.05) is 30.4 Å². The highest BCUT2D eigenvalue weighted by molar-refractivity contribution is 7.89. The van der Waals surface area contributed by atoms with Gasteiger partial charge in [-0.1, -0.05) is 37.0 Å². The van der Waals surface area contributed by atoms with E-state index in [1.807, 2.05) is 0 Å². The van der Waals surface area contributed by atoms with Gasteiger partial charge in [-0.15, -0.1) is 0 Å². The molecule has 16 heteroatoms. The number of aromatic nitrogens is 2. The second-order valence-corrected chi connectivity index (χ2v) is 10.2. The first-order valence-corrected chi connectivity index (χ1v) is 13.3. The molecule has 13 nitrogen and oxygen atoms in total. The van der Waals surface area contributed by atoms with Crippen molar-refractivity contribution in [3.8, 4) is 5.75 Å². The minimum Gasteiger partial charge on any atom is -0.482 e. The minimum atomic E-state index is -3.66. The first kappa shape index (κ1) is 28.8. The molecule has 0 aliphatic carbocycles. The van der Waals surface area contributed by atoms with E-state index in [1.54, 1.807) is 13.8 Å². The van der Waals surface area contributed by atoms with Crippen molar-refractivity contribution in [2.45, 2.75) is 18.7 Å². The van der Waals surface area contributed by atoms with Gasteiger partial charge in [0.2, 0.25) is 21.7 Å². The number of nitrogens with one attached hydrogen (secondary N) is 3. The monoisotopic (exact) mass is 583 g/mol. The summed E-state index contributed by atoms with van der Waals surface area (Å²) >= 11 is 11.8. The Morgan fingerprint density at radius 3 is 2.34 bits per heavy atom. The fourth-order valence-electron chi connectivity index (χ4n) is 3.19. The number of carbonyl (C=O) groups excluding carboxylic acids is 1. The van der Waals surface area contributed by atoms with Crippen LogP contribution in [0.3, 0.4) is 0 Å². The topological polar surface area (TPSA) is 169 Å². The highest BCUT2D eigenvalue weighted by atomic mass is 35.5. The third-order valence-corrected chi connectivity index (χ3v) is 7.63. The van der Waals surface area contributed by atoms with Crippen LogP contribution >= 0.6 is 23.2 Å². The molecule has 0 saturated carbocycles. The molecule has 1 amide bonds. The van der Waals surface area contributed by atoms with Crippen LogP contribution in [0.1, 0.15) is 13.8 Å². The molecule has 0 fully saturated rings. The van der Waals surface area contributed by atoms with E-state index in [0.717, 1.165) is 6.33 Å². The average molecular weight is 584 g/mol. The number of anilines is 3. The highest BCUT2D eigenvalue weighted by Gasteiger charge is 2.25. The van der Waals surface area contributed by atoms with Gasteiger partial charge in [0.1, 0.15) is 12.1 Å². The Bertz CT molecular complexity index is 1420. The van der Waals surface area contributed by atoms with Gasteiger partial charge in [-0.2, -0.15) is 4.31 Å². The quantitative estimate of drug-likeness (QED) is 0.209. The number of carbonyl (C=O) groups is 1. The molecule has 0 aliphatic heterocycles. The van der Waals surface area contributed by atoms with E-state index in [2.05, 4.69) is 26.1 Å². The van der Waals surface area contributed by atoms with Crippen molar-refractivity contribution in [2.24, 2.45) is 0 Å². The Morgan fingerprint density at radius 2 is 1.74 bits per heavy atom. The van der Waals surface area contributed by atoms with Gasteiger partial charge >= 0.3 is 5.69 Å². The molecule has 3 rings (SSSR count). The SMILES string of the molecule is CCN(CC)S(=O)(=O)c1ccc(Nc2ncnc(NNC(=O)COc3ccc(Cl)cc3Cl)c2[N+](=O)[O-])cc1. The number of nitro groups is 1. The van der Waals surface area contributed by atoms with E-state index in [9.17, 15) is 23.3 Å². The maximum absolute atomic E-state index is 12.7. The Balaban J connectivity index is 1.71. The van der Waals surface area contributed by atoms with Gasteiger partial charge in [0, 0.05) is 23.8 Å². The third-order valence-electron chi connectivity index (χ3n) is 5.04. The van der Waals surface area contributed by atoms with Crippen LogP contribution in [0.25, 0.3) is 0 Å². The lowest BCUT2D eigenvalue weighted by atomic mass is 10.3. The van der Waals surface area contributed by atoms with Gasteiger partial charge in [0.05, 0.1) is 14.8 Å². The Morgan fingerprint density at radius 1 is 1.08 bits per heavy atom. The smallest absolute Gasteiger partial charge is 0.355 e. The van der Waals surface area contributed by atoms with Crippen molar-refractivity contribution in [1.29, 1.82) is 0 Å². The second-order valence-electron chi connectivity index (χ2n) is 7.45. The van der Waals surface area contributed by atoms with Gasteiger partial charge in [-0.25, -0.2) is 18.4 Å². The number of hydrogen-bond acceptors (Lipinski definition) is 10. The van der Waals surface area contributed by atoms with Gasteiger partial charge in [0.25, 0.3) is 5.91 Å². The zero-order valence-corrected chi connectivity index (χ0v) is 22.5. The number of amides is 1. The van der Waals surface area contributed by atoms with E-state index in [4.69, 9.17) is 27.9 Å². The van der Waals surface area contributed by atoms with E-state index >= 15 is 0 Å². The highest BCUT2D eigenvalue weighted by Crippen LogP contribution is 2.31. The molecular formula is C22H23Cl2N7O6S. The summed E-state index contributed by atoms with van der Waals surface area (Å²) in [4.78, 5) is 31.0. The number of nitrogens with zero attached hydrogens (tertiary/aromatic N) is 4. The average Bonchev–Trinajstić information content (AvgIpc) is 2.87. The number of ether oxygens (including phenoxy) is 1. The third kappa shape index (κ3) is 6.98. The molecule has 3 N–H and O–H groups in total. The van der Waals surface area contributed by atoms with Crippen LogP contribution in [-0.2, 0) is 14.8 Å². The minimum absolute atomic E-state index is 0.0797. The molecule has 38 heavy (non-hydrogen) atoms. The van der Waals surface area contributed by atoms with E-state index in [1.165, 1.54) is 46.8 Å². The van der Waals surface area contributed by atoms with Crippen LogP contribution in [0.4, 0.5) is 23.0 Å². The Labute approximate surface area is 228 Å². The Kier molecular flexibility index (Phi) is 9.63. The molecule has 3 aromatic rings. The normalized spacial score (nSPS) is 11.2. The van der Waals surface area contributed by atoms with Crippen LogP contribution in [0.15, 0.2) is 53.7 Å². The number of rotatable bonds is 12. The van der Waals surface area contributed by atoms with Crippen LogP contribution in [0, 0.1) is 10.1 Å². The fourth-order valence-corrected chi connectivity index (χ4v) is 5.12. The van der Waals surface area contributed by atoms with Crippen molar-refractivity contribution in [3.63, 3.8) is 0 Å². The van der Waals surface area contributed by atoms with Gasteiger partial charge < -0.3 is 10.1 Å². The number of hydrazine groups is 1. The number of hydrogen-bond donors (Lipinski definition) is 3. The van der Waals surface area contributed by atoms with Gasteiger partial charge in [-0.05, 0) is 42.5 Å². The number of halogens is 2. The predicted octanol–water partition coefficient (Wildman–Crippen LogP) is 3.99. The lowest BCUT2D eigenvalue weighted by Gasteiger charge is -2.18. The lowest BCUT2D eigenvalue weighted by molar-refractivity contribution is -0.383. The van der Waals surface area contributed by atoms with Crippen molar-refractivity contribution in [1.82, 2.24) is 19.7 Å². The zero-order chi connectivity index (χ0) is 27.9. The molecule has 0 spiro atoms. The summed E-state index contributed by atoms with van der Waals surface area (Å²) in [6, 6.07) is 10.2. The first-order chi connectivity index (χ1) is 18.1. The van der Waals surface area contributed by atoms with Crippen LogP contribution in [0.5, 0.6) is 5.75 Å². The molecular weight excluding hydrogens is 561 g/mol. The number of sulfonamides is 1. The first-order valence-electron chi connectivity index (χ1n) is 11.1. The standard InChI is InChI=1S/C22H23Cl2N7O6S/c1-3-30(4-2)38(35,36)16-8-6-15(7-9-16)27-21-20(31(33)34)22(26-13-25-21)29-28-19(32)12-37-18-10-5-14(23)11-17(18)24/h5-11,13H,3-4,12H2,1-2H3,(H,28,32)(H2,25,26,27,29). The van der Waals surface area contributed by atoms with Crippen LogP contribution in [-0.4, -0.2) is 53.2 Å². The van der Waals surface area contributed by atoms with Crippen LogP contribution in [0.2, 0.25) is 10.0 Å². The van der Waals surface area contributed by atoms with Crippen molar-refractivity contribution >= 4 is 62.1 Å². The molecule has 0 aliphatic rings. The molecule has 0 saturated heterocycles. The van der Waals surface area contributed by atoms with Crippen LogP contribution < -0.4 is 20.9 Å². The molecule has 2 aromatic carbocycles. The summed E-state index contributed by atoms with van der Waals surface area (Å²) < 4.78 is 32.0. The lowest BCUT2D eigenvalue weighted by Crippen LogP contribution is -2.34. The Hall–Kier alpha value is -3.72. The maximum atomic E-state index is 12.7.